The van der Waals surface area contributed by atoms with E-state index in [0.717, 1.165) is 22.5 Å². The van der Waals surface area contributed by atoms with Gasteiger partial charge in [-0.25, -0.2) is 0 Å². The Hall–Kier alpha value is -4.40. The van der Waals surface area contributed by atoms with E-state index in [9.17, 15) is 20.2 Å². The molecule has 0 aliphatic carbocycles. The summed E-state index contributed by atoms with van der Waals surface area (Å²) in [7, 11) is 1.17. The molecule has 5 rings (SSSR count). The van der Waals surface area contributed by atoms with Crippen LogP contribution in [0.25, 0.3) is 6.08 Å². The third kappa shape index (κ3) is 2.79. The van der Waals surface area contributed by atoms with Gasteiger partial charge in [-0.3, -0.25) is 25.1 Å². The van der Waals surface area contributed by atoms with Crippen LogP contribution in [0.1, 0.15) is 30.9 Å². The highest BCUT2D eigenvalue weighted by Crippen LogP contribution is 2.59. The van der Waals surface area contributed by atoms with Crippen molar-refractivity contribution in [2.75, 3.05) is 12.0 Å². The summed E-state index contributed by atoms with van der Waals surface area (Å²) >= 11 is 0. The second kappa shape index (κ2) is 7.58. The Morgan fingerprint density at radius 3 is 2.35 bits per heavy atom. The SMILES string of the molecule is COc1c([N+](=O)[O-])cc2c(c1[N+](=O)[O-])OC1(C(C)=C2)C(C)c2ccccc2N1c1ccccc1. The van der Waals surface area contributed by atoms with Crippen molar-refractivity contribution in [2.45, 2.75) is 25.5 Å². The quantitative estimate of drug-likeness (QED) is 0.350. The molecule has 0 aromatic heterocycles. The van der Waals surface area contributed by atoms with Gasteiger partial charge in [-0.1, -0.05) is 43.3 Å². The molecular formula is C25H21N3O6. The van der Waals surface area contributed by atoms with E-state index < -0.39 is 32.7 Å². The first kappa shape index (κ1) is 21.4. The molecule has 0 N–H and O–H groups in total. The van der Waals surface area contributed by atoms with E-state index in [0.29, 0.717) is 0 Å². The Balaban J connectivity index is 1.82. The zero-order chi connectivity index (χ0) is 24.2. The topological polar surface area (TPSA) is 108 Å². The number of hydrogen-bond acceptors (Lipinski definition) is 7. The number of nitro benzene ring substituents is 2. The number of fused-ring (bicyclic) bond motifs is 2. The predicted molar refractivity (Wildman–Crippen MR) is 127 cm³/mol. The zero-order valence-corrected chi connectivity index (χ0v) is 18.7. The monoisotopic (exact) mass is 459 g/mol. The molecule has 0 amide bonds. The van der Waals surface area contributed by atoms with Gasteiger partial charge in [0.1, 0.15) is 0 Å². The first-order chi connectivity index (χ1) is 16.3. The summed E-state index contributed by atoms with van der Waals surface area (Å²) in [6.07, 6.45) is 1.73. The number of nitro groups is 2. The summed E-state index contributed by atoms with van der Waals surface area (Å²) in [5.74, 6) is -0.709. The highest BCUT2D eigenvalue weighted by Gasteiger charge is 2.56. The third-order valence-electron chi connectivity index (χ3n) is 6.57. The van der Waals surface area contributed by atoms with E-state index in [1.165, 1.54) is 13.2 Å². The van der Waals surface area contributed by atoms with Crippen LogP contribution in [0.5, 0.6) is 11.5 Å². The first-order valence-electron chi connectivity index (χ1n) is 10.7. The molecule has 0 radical (unpaired) electrons. The van der Waals surface area contributed by atoms with Gasteiger partial charge in [0.15, 0.2) is 0 Å². The third-order valence-corrected chi connectivity index (χ3v) is 6.57. The summed E-state index contributed by atoms with van der Waals surface area (Å²) in [6, 6.07) is 18.8. The van der Waals surface area contributed by atoms with E-state index >= 15 is 0 Å². The summed E-state index contributed by atoms with van der Waals surface area (Å²) in [6.45, 7) is 3.89. The lowest BCUT2D eigenvalue weighted by atomic mass is 9.85. The molecule has 172 valence electrons. The van der Waals surface area contributed by atoms with Gasteiger partial charge in [0.25, 0.3) is 5.75 Å². The Kier molecular flexibility index (Phi) is 4.78. The largest absolute Gasteiger partial charge is 0.485 e. The molecule has 2 atom stereocenters. The van der Waals surface area contributed by atoms with Crippen LogP contribution in [-0.4, -0.2) is 22.7 Å². The Labute approximate surface area is 195 Å². The Bertz CT molecular complexity index is 1370. The molecule has 34 heavy (non-hydrogen) atoms. The van der Waals surface area contributed by atoms with Crippen LogP contribution < -0.4 is 14.4 Å². The number of rotatable bonds is 4. The molecule has 1 spiro atoms. The van der Waals surface area contributed by atoms with E-state index in [2.05, 4.69) is 0 Å². The van der Waals surface area contributed by atoms with Crippen LogP contribution in [0, 0.1) is 20.2 Å². The molecule has 9 heteroatoms. The number of hydrogen-bond donors (Lipinski definition) is 0. The number of methoxy groups -OCH3 is 1. The molecule has 9 nitrogen and oxygen atoms in total. The lowest BCUT2D eigenvalue weighted by Crippen LogP contribution is -2.53. The van der Waals surface area contributed by atoms with Gasteiger partial charge in [-0.15, -0.1) is 0 Å². The van der Waals surface area contributed by atoms with Crippen molar-refractivity contribution in [1.29, 1.82) is 0 Å². The molecule has 0 bridgehead atoms. The molecule has 2 heterocycles. The molecule has 2 aliphatic rings. The maximum absolute atomic E-state index is 12.2. The minimum atomic E-state index is -1.12. The standard InChI is InChI=1S/C25H21N3O6/c1-15-13-17-14-21(27(29)30)24(33-3)22(28(31)32)23(17)34-25(15)16(2)19-11-7-8-12-20(19)26(25)18-9-5-4-6-10-18/h4-14,16H,1-3H3. The van der Waals surface area contributed by atoms with Crippen LogP contribution >= 0.6 is 0 Å². The maximum Gasteiger partial charge on any atom is 0.360 e. The van der Waals surface area contributed by atoms with E-state index in [-0.39, 0.29) is 17.2 Å². The van der Waals surface area contributed by atoms with Crippen molar-refractivity contribution in [3.63, 3.8) is 0 Å². The lowest BCUT2D eigenvalue weighted by molar-refractivity contribution is -0.396. The number of benzene rings is 3. The molecule has 2 unspecified atom stereocenters. The first-order valence-corrected chi connectivity index (χ1v) is 10.7. The average molecular weight is 459 g/mol. The van der Waals surface area contributed by atoms with Crippen molar-refractivity contribution < 1.29 is 19.3 Å². The molecule has 3 aromatic carbocycles. The zero-order valence-electron chi connectivity index (χ0n) is 18.7. The van der Waals surface area contributed by atoms with Crippen molar-refractivity contribution in [1.82, 2.24) is 0 Å². The highest BCUT2D eigenvalue weighted by atomic mass is 16.6. The van der Waals surface area contributed by atoms with Crippen molar-refractivity contribution >= 4 is 28.8 Å². The number of para-hydroxylation sites is 2. The van der Waals surface area contributed by atoms with E-state index in [1.54, 1.807) is 6.08 Å². The van der Waals surface area contributed by atoms with Crippen LogP contribution in [0.15, 0.2) is 66.2 Å². The minimum absolute atomic E-state index is 0.0568. The number of nitrogens with zero attached hydrogens (tertiary/aromatic N) is 3. The fourth-order valence-corrected chi connectivity index (χ4v) is 5.13. The Morgan fingerprint density at radius 2 is 1.71 bits per heavy atom. The molecule has 0 saturated heterocycles. The average Bonchev–Trinajstić information content (AvgIpc) is 3.07. The van der Waals surface area contributed by atoms with Gasteiger partial charge in [0.05, 0.1) is 17.0 Å². The van der Waals surface area contributed by atoms with Crippen LogP contribution in [-0.2, 0) is 0 Å². The fourth-order valence-electron chi connectivity index (χ4n) is 5.13. The Morgan fingerprint density at radius 1 is 1.03 bits per heavy atom. The maximum atomic E-state index is 12.2. The smallest absolute Gasteiger partial charge is 0.360 e. The molecule has 3 aromatic rings. The molecular weight excluding hydrogens is 438 g/mol. The van der Waals surface area contributed by atoms with Crippen LogP contribution in [0.3, 0.4) is 0 Å². The minimum Gasteiger partial charge on any atom is -0.485 e. The van der Waals surface area contributed by atoms with Gasteiger partial charge >= 0.3 is 11.4 Å². The summed E-state index contributed by atoms with van der Waals surface area (Å²) in [4.78, 5) is 24.5. The summed E-state index contributed by atoms with van der Waals surface area (Å²) < 4.78 is 11.8. The van der Waals surface area contributed by atoms with Crippen molar-refractivity contribution in [3.05, 3.63) is 97.6 Å². The van der Waals surface area contributed by atoms with Crippen molar-refractivity contribution in [2.24, 2.45) is 0 Å². The second-order valence-corrected chi connectivity index (χ2v) is 8.29. The molecule has 2 aliphatic heterocycles. The summed E-state index contributed by atoms with van der Waals surface area (Å²) in [5.41, 5.74) is 1.66. The lowest BCUT2D eigenvalue weighted by Gasteiger charge is -2.45. The fraction of sp³-hybridized carbons (Fsp3) is 0.200. The number of anilines is 2. The van der Waals surface area contributed by atoms with Gasteiger partial charge in [-0.05, 0) is 42.3 Å². The molecule has 0 saturated carbocycles. The summed E-state index contributed by atoms with van der Waals surface area (Å²) in [5, 5.41) is 23.8. The van der Waals surface area contributed by atoms with Gasteiger partial charge < -0.3 is 9.47 Å². The van der Waals surface area contributed by atoms with Gasteiger partial charge in [0, 0.05) is 28.9 Å². The van der Waals surface area contributed by atoms with E-state index in [1.807, 2.05) is 73.3 Å². The predicted octanol–water partition coefficient (Wildman–Crippen LogP) is 5.96. The van der Waals surface area contributed by atoms with Gasteiger partial charge in [0.2, 0.25) is 11.5 Å². The van der Waals surface area contributed by atoms with Crippen LogP contribution in [0.2, 0.25) is 0 Å². The van der Waals surface area contributed by atoms with Gasteiger partial charge in [-0.2, -0.15) is 0 Å². The number of ether oxygens (including phenoxy) is 2. The van der Waals surface area contributed by atoms with E-state index in [4.69, 9.17) is 9.47 Å². The molecule has 0 fully saturated rings. The normalized spacial score (nSPS) is 20.3. The van der Waals surface area contributed by atoms with Crippen LogP contribution in [0.4, 0.5) is 22.7 Å². The van der Waals surface area contributed by atoms with Crippen molar-refractivity contribution in [3.8, 4) is 11.5 Å². The highest BCUT2D eigenvalue weighted by molar-refractivity contribution is 5.83. The second-order valence-electron chi connectivity index (χ2n) is 8.29.